The van der Waals surface area contributed by atoms with E-state index in [9.17, 15) is 4.79 Å². The van der Waals surface area contributed by atoms with Crippen LogP contribution in [0, 0.1) is 5.92 Å². The van der Waals surface area contributed by atoms with Crippen molar-refractivity contribution in [2.75, 3.05) is 34.9 Å². The second-order valence-corrected chi connectivity index (χ2v) is 6.98. The summed E-state index contributed by atoms with van der Waals surface area (Å²) in [5.74, 6) is 2.20. The first-order valence-corrected chi connectivity index (χ1v) is 8.91. The van der Waals surface area contributed by atoms with Gasteiger partial charge in [-0.3, -0.25) is 0 Å². The van der Waals surface area contributed by atoms with Crippen LogP contribution >= 0.6 is 0 Å². The minimum atomic E-state index is -0.117. The summed E-state index contributed by atoms with van der Waals surface area (Å²) in [4.78, 5) is 14.4. The fraction of sp³-hybridized carbons (Fsp3) is 0.632. The number of amides is 2. The van der Waals surface area contributed by atoms with E-state index in [1.165, 1.54) is 12.8 Å². The van der Waals surface area contributed by atoms with E-state index in [-0.39, 0.29) is 12.1 Å². The Hall–Kier alpha value is -1.95. The number of carbonyl (C=O) groups is 1. The molecule has 1 aliphatic carbocycles. The monoisotopic (exact) mass is 349 g/mol. The molecule has 6 nitrogen and oxygen atoms in total. The average molecular weight is 349 g/mol. The molecule has 0 bridgehead atoms. The molecule has 2 rings (SSSR count). The zero-order valence-corrected chi connectivity index (χ0v) is 15.8. The fourth-order valence-electron chi connectivity index (χ4n) is 3.42. The Bertz CT molecular complexity index is 555. The molecule has 1 aromatic rings. The van der Waals surface area contributed by atoms with Crippen molar-refractivity contribution in [1.29, 1.82) is 0 Å². The normalized spacial score (nSPS) is 20.2. The van der Waals surface area contributed by atoms with E-state index in [1.54, 1.807) is 14.2 Å². The van der Waals surface area contributed by atoms with E-state index in [4.69, 9.17) is 9.47 Å². The molecule has 1 aromatic carbocycles. The van der Waals surface area contributed by atoms with Crippen LogP contribution in [0.15, 0.2) is 18.2 Å². The summed E-state index contributed by atoms with van der Waals surface area (Å²) < 4.78 is 10.5. The number of hydrogen-bond acceptors (Lipinski definition) is 4. The van der Waals surface area contributed by atoms with Crippen LogP contribution in [-0.2, 0) is 6.54 Å². The van der Waals surface area contributed by atoms with Gasteiger partial charge in [0.15, 0.2) is 0 Å². The Balaban J connectivity index is 1.76. The molecule has 1 aliphatic rings. The van der Waals surface area contributed by atoms with Crippen LogP contribution in [0.3, 0.4) is 0 Å². The standard InChI is InChI=1S/C19H31N3O3/c1-22(2)13-14-5-8-16(9-6-14)21-19(23)20-12-15-7-10-17(24-3)11-18(15)25-4/h7,10-11,14,16H,5-6,8-9,12-13H2,1-4H3,(H2,20,21,23). The van der Waals surface area contributed by atoms with Gasteiger partial charge in [-0.15, -0.1) is 0 Å². The number of urea groups is 1. The molecule has 0 aromatic heterocycles. The maximum absolute atomic E-state index is 12.2. The van der Waals surface area contributed by atoms with Crippen molar-refractivity contribution < 1.29 is 14.3 Å². The van der Waals surface area contributed by atoms with E-state index >= 15 is 0 Å². The van der Waals surface area contributed by atoms with E-state index in [2.05, 4.69) is 29.6 Å². The number of methoxy groups -OCH3 is 2. The lowest BCUT2D eigenvalue weighted by Crippen LogP contribution is -2.44. The third-order valence-electron chi connectivity index (χ3n) is 4.74. The largest absolute Gasteiger partial charge is 0.497 e. The van der Waals surface area contributed by atoms with Crippen LogP contribution in [0.25, 0.3) is 0 Å². The van der Waals surface area contributed by atoms with Gasteiger partial charge < -0.3 is 25.0 Å². The number of nitrogens with one attached hydrogen (secondary N) is 2. The highest BCUT2D eigenvalue weighted by atomic mass is 16.5. The Morgan fingerprint density at radius 3 is 2.48 bits per heavy atom. The van der Waals surface area contributed by atoms with Crippen molar-refractivity contribution in [3.05, 3.63) is 23.8 Å². The second-order valence-electron chi connectivity index (χ2n) is 6.98. The Morgan fingerprint density at radius 2 is 1.88 bits per heavy atom. The Labute approximate surface area is 150 Å². The van der Waals surface area contributed by atoms with Crippen molar-refractivity contribution in [2.24, 2.45) is 5.92 Å². The molecule has 0 spiro atoms. The molecule has 140 valence electrons. The van der Waals surface area contributed by atoms with Crippen LogP contribution in [0.4, 0.5) is 4.79 Å². The van der Waals surface area contributed by atoms with Gasteiger partial charge in [-0.25, -0.2) is 4.79 Å². The van der Waals surface area contributed by atoms with E-state index in [0.717, 1.165) is 36.6 Å². The molecule has 2 N–H and O–H groups in total. The molecular formula is C19H31N3O3. The second kappa shape index (κ2) is 9.51. The van der Waals surface area contributed by atoms with Crippen LogP contribution in [0.5, 0.6) is 11.5 Å². The number of rotatable bonds is 7. The number of nitrogens with zero attached hydrogens (tertiary/aromatic N) is 1. The summed E-state index contributed by atoms with van der Waals surface area (Å²) in [5.41, 5.74) is 0.924. The first-order valence-electron chi connectivity index (χ1n) is 8.91. The Kier molecular flexibility index (Phi) is 7.37. The molecule has 1 saturated carbocycles. The first-order chi connectivity index (χ1) is 12.0. The minimum absolute atomic E-state index is 0.117. The van der Waals surface area contributed by atoms with Gasteiger partial charge in [-0.2, -0.15) is 0 Å². The molecule has 0 saturated heterocycles. The summed E-state index contributed by atoms with van der Waals surface area (Å²) in [6.07, 6.45) is 4.46. The zero-order valence-electron chi connectivity index (χ0n) is 15.8. The van der Waals surface area contributed by atoms with Gasteiger partial charge in [0.25, 0.3) is 0 Å². The van der Waals surface area contributed by atoms with Gasteiger partial charge in [0, 0.05) is 30.8 Å². The molecular weight excluding hydrogens is 318 g/mol. The van der Waals surface area contributed by atoms with Gasteiger partial charge in [0.2, 0.25) is 0 Å². The molecule has 1 fully saturated rings. The number of ether oxygens (including phenoxy) is 2. The fourth-order valence-corrected chi connectivity index (χ4v) is 3.42. The maximum atomic E-state index is 12.2. The lowest BCUT2D eigenvalue weighted by atomic mass is 9.86. The van der Waals surface area contributed by atoms with Gasteiger partial charge >= 0.3 is 6.03 Å². The third-order valence-corrected chi connectivity index (χ3v) is 4.74. The van der Waals surface area contributed by atoms with Crippen molar-refractivity contribution in [2.45, 2.75) is 38.3 Å². The zero-order chi connectivity index (χ0) is 18.2. The van der Waals surface area contributed by atoms with Gasteiger partial charge in [0.1, 0.15) is 11.5 Å². The topological polar surface area (TPSA) is 62.8 Å². The highest BCUT2D eigenvalue weighted by Gasteiger charge is 2.22. The molecule has 0 aliphatic heterocycles. The molecule has 6 heteroatoms. The molecule has 0 radical (unpaired) electrons. The minimum Gasteiger partial charge on any atom is -0.497 e. The van der Waals surface area contributed by atoms with Crippen LogP contribution in [-0.4, -0.2) is 51.8 Å². The van der Waals surface area contributed by atoms with Gasteiger partial charge in [-0.05, 0) is 57.8 Å². The molecule has 0 atom stereocenters. The SMILES string of the molecule is COc1ccc(CNC(=O)NC2CCC(CN(C)C)CC2)c(OC)c1. The molecule has 0 heterocycles. The van der Waals surface area contributed by atoms with Gasteiger partial charge in [-0.1, -0.05) is 0 Å². The quantitative estimate of drug-likeness (QED) is 0.794. The van der Waals surface area contributed by atoms with Crippen molar-refractivity contribution >= 4 is 6.03 Å². The third kappa shape index (κ3) is 6.12. The summed E-state index contributed by atoms with van der Waals surface area (Å²) in [7, 11) is 7.47. The highest BCUT2D eigenvalue weighted by Crippen LogP contribution is 2.25. The van der Waals surface area contributed by atoms with Crippen LogP contribution in [0.2, 0.25) is 0 Å². The van der Waals surface area contributed by atoms with E-state index < -0.39 is 0 Å². The van der Waals surface area contributed by atoms with E-state index in [1.807, 2.05) is 18.2 Å². The van der Waals surface area contributed by atoms with E-state index in [0.29, 0.717) is 12.3 Å². The summed E-state index contributed by atoms with van der Waals surface area (Å²) in [5, 5.41) is 6.02. The lowest BCUT2D eigenvalue weighted by molar-refractivity contribution is 0.215. The van der Waals surface area contributed by atoms with Crippen molar-refractivity contribution in [3.8, 4) is 11.5 Å². The smallest absolute Gasteiger partial charge is 0.315 e. The first kappa shape index (κ1) is 19.4. The summed E-state index contributed by atoms with van der Waals surface area (Å²) in [6.45, 7) is 1.56. The number of benzene rings is 1. The molecule has 25 heavy (non-hydrogen) atoms. The predicted octanol–water partition coefficient (Wildman–Crippen LogP) is 2.62. The average Bonchev–Trinajstić information content (AvgIpc) is 2.61. The van der Waals surface area contributed by atoms with Crippen molar-refractivity contribution in [1.82, 2.24) is 15.5 Å². The number of hydrogen-bond donors (Lipinski definition) is 2. The number of carbonyl (C=O) groups excluding carboxylic acids is 1. The van der Waals surface area contributed by atoms with Crippen molar-refractivity contribution in [3.63, 3.8) is 0 Å². The summed E-state index contributed by atoms with van der Waals surface area (Å²) in [6, 6.07) is 5.75. The lowest BCUT2D eigenvalue weighted by Gasteiger charge is -2.30. The molecule has 2 amide bonds. The molecule has 0 unspecified atom stereocenters. The maximum Gasteiger partial charge on any atom is 0.315 e. The van der Waals surface area contributed by atoms with Gasteiger partial charge in [0.05, 0.1) is 14.2 Å². The van der Waals surface area contributed by atoms with Crippen LogP contribution in [0.1, 0.15) is 31.2 Å². The Morgan fingerprint density at radius 1 is 1.16 bits per heavy atom. The predicted molar refractivity (Wildman–Crippen MR) is 99.2 cm³/mol. The summed E-state index contributed by atoms with van der Waals surface area (Å²) >= 11 is 0. The van der Waals surface area contributed by atoms with Crippen LogP contribution < -0.4 is 20.1 Å². The highest BCUT2D eigenvalue weighted by molar-refractivity contribution is 5.74.